The molecule has 2 heterocycles. The van der Waals surface area contributed by atoms with Crippen molar-refractivity contribution in [2.24, 2.45) is 5.92 Å². The first-order chi connectivity index (χ1) is 21.9. The van der Waals surface area contributed by atoms with Crippen LogP contribution in [0.3, 0.4) is 0 Å². The number of esters is 1. The van der Waals surface area contributed by atoms with Crippen LogP contribution >= 0.6 is 35.0 Å². The predicted octanol–water partition coefficient (Wildman–Crippen LogP) is 4.72. The largest absolute Gasteiger partial charge is 0.619 e. The summed E-state index contributed by atoms with van der Waals surface area (Å²) in [5.41, 5.74) is 1.10. The number of hydrogen-bond acceptors (Lipinski definition) is 9. The summed E-state index contributed by atoms with van der Waals surface area (Å²) in [6.07, 6.45) is 3.46. The van der Waals surface area contributed by atoms with Crippen molar-refractivity contribution in [1.29, 1.82) is 0 Å². The number of ether oxygens (including phenoxy) is 3. The topological polar surface area (TPSA) is 129 Å². The molecule has 0 radical (unpaired) electrons. The summed E-state index contributed by atoms with van der Waals surface area (Å²) in [4.78, 5) is 27.6. The van der Waals surface area contributed by atoms with Crippen LogP contribution < -0.4 is 14.2 Å². The highest BCUT2D eigenvalue weighted by Gasteiger charge is 2.42. The summed E-state index contributed by atoms with van der Waals surface area (Å²) in [6.45, 7) is 0.571. The van der Waals surface area contributed by atoms with Crippen molar-refractivity contribution in [3.63, 3.8) is 0 Å². The van der Waals surface area contributed by atoms with E-state index in [-0.39, 0.29) is 39.4 Å². The zero-order valence-electron chi connectivity index (χ0n) is 25.4. The molecule has 1 aliphatic heterocycles. The molecule has 0 bridgehead atoms. The highest BCUT2D eigenvalue weighted by Crippen LogP contribution is 2.39. The van der Waals surface area contributed by atoms with Crippen molar-refractivity contribution in [3.05, 3.63) is 86.8 Å². The second kappa shape index (κ2) is 14.3. The Balaban J connectivity index is 1.45. The number of benzene rings is 2. The van der Waals surface area contributed by atoms with Gasteiger partial charge < -0.3 is 24.3 Å². The van der Waals surface area contributed by atoms with Crippen molar-refractivity contribution >= 4 is 56.9 Å². The number of sulfonamides is 1. The van der Waals surface area contributed by atoms with Gasteiger partial charge in [-0.05, 0) is 54.7 Å². The molecule has 2 aromatic carbocycles. The lowest BCUT2D eigenvalue weighted by Gasteiger charge is -2.26. The number of hydrogen-bond donors (Lipinski definition) is 0. The number of methoxy groups -OCH3 is 1. The van der Waals surface area contributed by atoms with Gasteiger partial charge in [0.2, 0.25) is 10.0 Å². The Bertz CT molecular complexity index is 1710. The summed E-state index contributed by atoms with van der Waals surface area (Å²) in [7, 11) is 0.475. The SMILES string of the molecule is COc1ccc(C(Cc2c(Cl)c[n+]([O-])cc2Cl)OC(=O)[C@@H]2SCCN2S(=O)(=O)c2cccc(C(=O)N(C)C)c2)cc1OCC1CC1. The van der Waals surface area contributed by atoms with Gasteiger partial charge in [-0.25, -0.2) is 13.2 Å². The Kier molecular flexibility index (Phi) is 10.6. The first-order valence-electron chi connectivity index (χ1n) is 14.4. The number of carbonyl (C=O) groups excluding carboxylic acids is 2. The molecule has 1 saturated heterocycles. The average molecular weight is 711 g/mol. The average Bonchev–Trinajstić information content (AvgIpc) is 3.72. The minimum absolute atomic E-state index is 0.0164. The molecule has 1 saturated carbocycles. The van der Waals surface area contributed by atoms with Gasteiger partial charge in [0.25, 0.3) is 5.91 Å². The molecule has 2 fully saturated rings. The molecule has 2 aliphatic rings. The molecule has 0 N–H and O–H groups in total. The summed E-state index contributed by atoms with van der Waals surface area (Å²) in [5, 5.41) is 10.9. The third kappa shape index (κ3) is 7.66. The third-order valence-corrected chi connectivity index (χ3v) is 11.4. The second-order valence-corrected chi connectivity index (χ2v) is 15.0. The van der Waals surface area contributed by atoms with E-state index in [1.807, 2.05) is 0 Å². The molecule has 246 valence electrons. The Hall–Kier alpha value is -3.23. The first-order valence-corrected chi connectivity index (χ1v) is 17.7. The van der Waals surface area contributed by atoms with E-state index >= 15 is 0 Å². The van der Waals surface area contributed by atoms with Gasteiger partial charge in [0, 0.05) is 43.9 Å². The van der Waals surface area contributed by atoms with Gasteiger partial charge in [-0.3, -0.25) is 4.79 Å². The fourth-order valence-corrected chi connectivity index (χ4v) is 8.60. The fourth-order valence-electron chi connectivity index (χ4n) is 4.91. The van der Waals surface area contributed by atoms with E-state index in [2.05, 4.69) is 0 Å². The predicted molar refractivity (Wildman–Crippen MR) is 174 cm³/mol. The van der Waals surface area contributed by atoms with Crippen LogP contribution in [0.15, 0.2) is 59.8 Å². The maximum absolute atomic E-state index is 13.8. The molecule has 0 spiro atoms. The maximum atomic E-state index is 13.8. The number of thioether (sulfide) groups is 1. The summed E-state index contributed by atoms with van der Waals surface area (Å²) in [6, 6.07) is 10.8. The molecule has 15 heteroatoms. The molecule has 2 atom stereocenters. The molecule has 1 aromatic heterocycles. The Morgan fingerprint density at radius 1 is 1.11 bits per heavy atom. The quantitative estimate of drug-likeness (QED) is 0.149. The van der Waals surface area contributed by atoms with Crippen LogP contribution in [0.4, 0.5) is 0 Å². The molecular formula is C31H33Cl2N3O8S2. The number of aromatic nitrogens is 1. The van der Waals surface area contributed by atoms with E-state index in [1.54, 1.807) is 32.3 Å². The van der Waals surface area contributed by atoms with Gasteiger partial charge >= 0.3 is 5.97 Å². The van der Waals surface area contributed by atoms with Crippen LogP contribution in [0.5, 0.6) is 11.5 Å². The van der Waals surface area contributed by atoms with Crippen molar-refractivity contribution in [3.8, 4) is 11.5 Å². The number of pyridine rings is 1. The van der Waals surface area contributed by atoms with E-state index in [0.717, 1.165) is 41.3 Å². The van der Waals surface area contributed by atoms with Crippen molar-refractivity contribution < 1.29 is 36.9 Å². The zero-order chi connectivity index (χ0) is 33.2. The molecule has 46 heavy (non-hydrogen) atoms. The monoisotopic (exact) mass is 709 g/mol. The molecule has 1 unspecified atom stereocenters. The first kappa shape index (κ1) is 34.1. The van der Waals surface area contributed by atoms with Crippen LogP contribution in [-0.2, 0) is 26.0 Å². The standard InChI is InChI=1S/C31H33Cl2N3O8S2/c1-34(2)29(37)21-5-4-6-22(13-21)46(40,41)36-11-12-45-30(36)31(38)44-27(15-23-24(32)16-35(39)17-25(23)33)20-9-10-26(42-3)28(14-20)43-18-19-7-8-19/h4-6,9-10,13-14,16-17,19,27,30H,7-8,11-12,15,18H2,1-3H3/t27?,30-/m0/s1. The fraction of sp³-hybridized carbons (Fsp3) is 0.387. The Morgan fingerprint density at radius 3 is 2.48 bits per heavy atom. The van der Waals surface area contributed by atoms with Gasteiger partial charge in [-0.15, -0.1) is 11.8 Å². The summed E-state index contributed by atoms with van der Waals surface area (Å²) >= 11 is 13.9. The van der Waals surface area contributed by atoms with Gasteiger partial charge in [0.15, 0.2) is 29.3 Å². The molecule has 1 aliphatic carbocycles. The van der Waals surface area contributed by atoms with Crippen LogP contribution in [0.1, 0.15) is 40.4 Å². The van der Waals surface area contributed by atoms with E-state index in [4.69, 9.17) is 37.4 Å². The number of halogens is 2. The third-order valence-electron chi connectivity index (χ3n) is 7.58. The number of amides is 1. The van der Waals surface area contributed by atoms with E-state index in [1.165, 1.54) is 36.3 Å². The molecule has 1 amide bonds. The van der Waals surface area contributed by atoms with Crippen LogP contribution in [0, 0.1) is 11.1 Å². The van der Waals surface area contributed by atoms with Gasteiger partial charge in [0.05, 0.1) is 18.6 Å². The second-order valence-electron chi connectivity index (χ2n) is 11.2. The van der Waals surface area contributed by atoms with Gasteiger partial charge in [0.1, 0.15) is 16.1 Å². The minimum Gasteiger partial charge on any atom is -0.619 e. The Morgan fingerprint density at radius 2 is 1.83 bits per heavy atom. The smallest absolute Gasteiger partial charge is 0.335 e. The van der Waals surface area contributed by atoms with Crippen molar-refractivity contribution in [1.82, 2.24) is 9.21 Å². The van der Waals surface area contributed by atoms with Crippen LogP contribution in [-0.4, -0.2) is 75.0 Å². The van der Waals surface area contributed by atoms with E-state index < -0.39 is 27.5 Å². The number of nitrogens with zero attached hydrogens (tertiary/aromatic N) is 3. The highest BCUT2D eigenvalue weighted by molar-refractivity contribution is 8.02. The molecule has 3 aromatic rings. The lowest BCUT2D eigenvalue weighted by Crippen LogP contribution is -2.40. The summed E-state index contributed by atoms with van der Waals surface area (Å²) in [5.74, 6) is 0.624. The normalized spacial score (nSPS) is 17.4. The summed E-state index contributed by atoms with van der Waals surface area (Å²) < 4.78 is 46.7. The number of carbonyl (C=O) groups is 2. The Labute approximate surface area is 281 Å². The maximum Gasteiger partial charge on any atom is 0.335 e. The molecular weight excluding hydrogens is 677 g/mol. The molecule has 5 rings (SSSR count). The van der Waals surface area contributed by atoms with Gasteiger partial charge in [-0.1, -0.05) is 35.3 Å². The number of rotatable bonds is 12. The zero-order valence-corrected chi connectivity index (χ0v) is 28.5. The van der Waals surface area contributed by atoms with E-state index in [9.17, 15) is 23.2 Å². The van der Waals surface area contributed by atoms with Crippen LogP contribution in [0.25, 0.3) is 0 Å². The molecule has 11 nitrogen and oxygen atoms in total. The van der Waals surface area contributed by atoms with Crippen molar-refractivity contribution in [2.45, 2.75) is 35.6 Å². The lowest BCUT2D eigenvalue weighted by molar-refractivity contribution is -0.605. The lowest BCUT2D eigenvalue weighted by atomic mass is 10.0. The highest BCUT2D eigenvalue weighted by atomic mass is 35.5. The van der Waals surface area contributed by atoms with Gasteiger partial charge in [-0.2, -0.15) is 9.04 Å². The van der Waals surface area contributed by atoms with Crippen molar-refractivity contribution in [2.75, 3.05) is 40.1 Å². The minimum atomic E-state index is -4.19. The van der Waals surface area contributed by atoms with Crippen LogP contribution in [0.2, 0.25) is 10.0 Å². The van der Waals surface area contributed by atoms with E-state index in [0.29, 0.717) is 45.6 Å².